The van der Waals surface area contributed by atoms with Crippen molar-refractivity contribution in [3.05, 3.63) is 0 Å². The molecule has 4 heteroatoms. The van der Waals surface area contributed by atoms with Gasteiger partial charge in [-0.05, 0) is 0 Å². The summed E-state index contributed by atoms with van der Waals surface area (Å²) in [6.07, 6.45) is 0. The molecule has 0 aromatic carbocycles. The van der Waals surface area contributed by atoms with Crippen molar-refractivity contribution in [2.24, 2.45) is 0 Å². The van der Waals surface area contributed by atoms with Gasteiger partial charge in [0.15, 0.2) is 16.4 Å². The molecule has 0 fully saturated rings. The summed E-state index contributed by atoms with van der Waals surface area (Å²) in [5.41, 5.74) is 0. The minimum absolute atomic E-state index is 0. The molecule has 0 rings (SSSR count). The summed E-state index contributed by atoms with van der Waals surface area (Å²) < 4.78 is 9.31. The molecular formula is H3BaBrClF. The summed E-state index contributed by atoms with van der Waals surface area (Å²) >= 11 is 1.44. The monoisotopic (exact) mass is 274 g/mol. The standard InChI is InChI=1S/Ba.BrF.ClH.2H/c;1-2;;;/h;;1H;;. The van der Waals surface area contributed by atoms with Crippen molar-refractivity contribution in [1.29, 1.82) is 0 Å². The summed E-state index contributed by atoms with van der Waals surface area (Å²) in [6.45, 7) is 0. The van der Waals surface area contributed by atoms with Crippen LogP contribution in [0.5, 0.6) is 0 Å². The van der Waals surface area contributed by atoms with Crippen LogP contribution in [-0.4, -0.2) is 48.9 Å². The fourth-order valence-corrected chi connectivity index (χ4v) is 0. The van der Waals surface area contributed by atoms with Gasteiger partial charge < -0.3 is 0 Å². The molecule has 0 aliphatic heterocycles. The van der Waals surface area contributed by atoms with Gasteiger partial charge in [0.2, 0.25) is 0 Å². The molecule has 0 N–H and O–H groups in total. The predicted octanol–water partition coefficient (Wildman–Crippen LogP) is 0.771. The molecule has 0 aromatic rings. The van der Waals surface area contributed by atoms with Gasteiger partial charge in [-0.1, -0.05) is 0 Å². The summed E-state index contributed by atoms with van der Waals surface area (Å²) in [4.78, 5) is 0. The maximum atomic E-state index is 9.31. The molecule has 0 radical (unpaired) electrons. The van der Waals surface area contributed by atoms with Crippen molar-refractivity contribution in [1.82, 2.24) is 0 Å². The first-order chi connectivity index (χ1) is 1.00. The molecule has 26 valence electrons. The Kier molecular flexibility index (Phi) is 75.9. The molecule has 0 unspecified atom stereocenters. The zero-order valence-corrected chi connectivity index (χ0v) is 3.57. The van der Waals surface area contributed by atoms with Crippen LogP contribution in [0, 0.1) is 0 Å². The molecule has 0 saturated carbocycles. The van der Waals surface area contributed by atoms with Crippen molar-refractivity contribution in [3.8, 4) is 0 Å². The van der Waals surface area contributed by atoms with Crippen molar-refractivity contribution in [3.63, 3.8) is 0 Å². The van der Waals surface area contributed by atoms with E-state index in [0.29, 0.717) is 0 Å². The Bertz CT molecular complexity index is 8.00. The van der Waals surface area contributed by atoms with E-state index in [2.05, 4.69) is 0 Å². The summed E-state index contributed by atoms with van der Waals surface area (Å²) in [6, 6.07) is 0. The molecule has 0 aliphatic rings. The van der Waals surface area contributed by atoms with E-state index >= 15 is 0 Å². The van der Waals surface area contributed by atoms with Gasteiger partial charge in [-0.25, -0.2) is 0 Å². The van der Waals surface area contributed by atoms with Gasteiger partial charge in [0.05, 0.1) is 0 Å². The van der Waals surface area contributed by atoms with Gasteiger partial charge in [0.1, 0.15) is 0 Å². The van der Waals surface area contributed by atoms with Gasteiger partial charge in [0, 0.05) is 0 Å². The minimum atomic E-state index is 0. The van der Waals surface area contributed by atoms with Crippen molar-refractivity contribution >= 4 is 77.7 Å². The van der Waals surface area contributed by atoms with E-state index in [9.17, 15) is 3.56 Å². The molecule has 0 bridgehead atoms. The first-order valence-corrected chi connectivity index (χ1v) is 0.742. The molecule has 4 heavy (non-hydrogen) atoms. The molecule has 0 spiro atoms. The van der Waals surface area contributed by atoms with Crippen LogP contribution in [0.2, 0.25) is 0 Å². The molecule has 0 atom stereocenters. The van der Waals surface area contributed by atoms with Gasteiger partial charge in [-0.2, -0.15) is 3.56 Å². The van der Waals surface area contributed by atoms with Gasteiger partial charge in [-0.15, -0.1) is 12.4 Å². The second kappa shape index (κ2) is 18.6. The Balaban J connectivity index is -0.00000000500. The zero-order chi connectivity index (χ0) is 2.00. The zero-order valence-electron chi connectivity index (χ0n) is 1.16. The molecule has 0 amide bonds. The average molecular weight is 275 g/mol. The van der Waals surface area contributed by atoms with Crippen LogP contribution >= 0.6 is 28.8 Å². The predicted molar refractivity (Wildman–Crippen MR) is 25.8 cm³/mol. The summed E-state index contributed by atoms with van der Waals surface area (Å²) in [7, 11) is 0. The fourth-order valence-electron chi connectivity index (χ4n) is 0. The Hall–Kier alpha value is 2.27. The van der Waals surface area contributed by atoms with Crippen molar-refractivity contribution in [2.75, 3.05) is 0 Å². The van der Waals surface area contributed by atoms with Gasteiger partial charge in [0.25, 0.3) is 0 Å². The normalized spacial score (nSPS) is 1.50. The molecule has 0 aromatic heterocycles. The molecule has 0 aliphatic carbocycles. The third-order valence-electron chi connectivity index (χ3n) is 0. The quantitative estimate of drug-likeness (QED) is 0.573. The Morgan fingerprint density at radius 1 is 1.25 bits per heavy atom. The van der Waals surface area contributed by atoms with Crippen LogP contribution in [-0.2, 0) is 0 Å². The number of halogens is 3. The molecular weight excluding hydrogens is 272 g/mol. The van der Waals surface area contributed by atoms with E-state index in [-0.39, 0.29) is 61.3 Å². The maximum absolute atomic E-state index is 9.31. The first kappa shape index (κ1) is 16.3. The third-order valence-corrected chi connectivity index (χ3v) is 0. The topological polar surface area (TPSA) is 0 Å². The van der Waals surface area contributed by atoms with E-state index in [0.717, 1.165) is 0 Å². The molecule has 0 nitrogen and oxygen atoms in total. The van der Waals surface area contributed by atoms with Crippen LogP contribution < -0.4 is 0 Å². The SMILES string of the molecule is Cl.FBr.[BaH2]. The third kappa shape index (κ3) is 8.86. The van der Waals surface area contributed by atoms with Crippen LogP contribution in [0.4, 0.5) is 3.56 Å². The van der Waals surface area contributed by atoms with Crippen LogP contribution in [0.1, 0.15) is 0 Å². The van der Waals surface area contributed by atoms with Crippen molar-refractivity contribution in [2.45, 2.75) is 0 Å². The second-order valence-corrected chi connectivity index (χ2v) is 0. The number of hydrogen-bond acceptors (Lipinski definition) is 0. The second-order valence-electron chi connectivity index (χ2n) is 0. The van der Waals surface area contributed by atoms with Gasteiger partial charge >= 0.3 is 48.9 Å². The molecule has 0 heterocycles. The van der Waals surface area contributed by atoms with E-state index in [1.54, 1.807) is 0 Å². The van der Waals surface area contributed by atoms with E-state index in [1.807, 2.05) is 0 Å². The van der Waals surface area contributed by atoms with E-state index in [4.69, 9.17) is 0 Å². The van der Waals surface area contributed by atoms with Crippen LogP contribution in [0.3, 0.4) is 0 Å². The number of rotatable bonds is 0. The Labute approximate surface area is 79.6 Å². The average Bonchev–Trinajstić information content (AvgIpc) is 1.00. The van der Waals surface area contributed by atoms with E-state index < -0.39 is 0 Å². The van der Waals surface area contributed by atoms with Crippen molar-refractivity contribution < 1.29 is 3.56 Å². The molecule has 0 saturated heterocycles. The van der Waals surface area contributed by atoms with Gasteiger partial charge in [-0.3, -0.25) is 0 Å². The Morgan fingerprint density at radius 2 is 1.25 bits per heavy atom. The number of hydrogen-bond donors (Lipinski definition) is 0. The van der Waals surface area contributed by atoms with Crippen LogP contribution in [0.25, 0.3) is 0 Å². The van der Waals surface area contributed by atoms with Crippen LogP contribution in [0.15, 0.2) is 0 Å². The summed E-state index contributed by atoms with van der Waals surface area (Å²) in [5, 5.41) is 0. The fraction of sp³-hybridized carbons (Fsp3) is 0. The van der Waals surface area contributed by atoms with E-state index in [1.165, 1.54) is 16.4 Å². The Morgan fingerprint density at radius 3 is 1.25 bits per heavy atom. The summed E-state index contributed by atoms with van der Waals surface area (Å²) in [5.74, 6) is 0. The first-order valence-electron chi connectivity index (χ1n) is 0.143.